The van der Waals surface area contributed by atoms with Crippen LogP contribution in [0.25, 0.3) is 11.5 Å². The zero-order valence-electron chi connectivity index (χ0n) is 12.6. The number of carbonyl (C=O) groups excluding carboxylic acids is 2. The lowest BCUT2D eigenvalue weighted by molar-refractivity contribution is 0.101. The van der Waals surface area contributed by atoms with Gasteiger partial charge in [0.2, 0.25) is 0 Å². The highest BCUT2D eigenvalue weighted by molar-refractivity contribution is 6.08. The van der Waals surface area contributed by atoms with Gasteiger partial charge in [-0.15, -0.1) is 0 Å². The van der Waals surface area contributed by atoms with Gasteiger partial charge >= 0.3 is 0 Å². The summed E-state index contributed by atoms with van der Waals surface area (Å²) >= 11 is 0. The van der Waals surface area contributed by atoms with Gasteiger partial charge in [-0.2, -0.15) is 0 Å². The van der Waals surface area contributed by atoms with Gasteiger partial charge in [0, 0.05) is 11.3 Å². The number of benzene rings is 1. The fraction of sp³-hybridized carbons (Fsp3) is 0.118. The molecule has 2 heterocycles. The van der Waals surface area contributed by atoms with Crippen LogP contribution in [0.4, 0.5) is 5.69 Å². The third-order valence-electron chi connectivity index (χ3n) is 3.39. The molecule has 116 valence electrons. The van der Waals surface area contributed by atoms with E-state index in [2.05, 4.69) is 10.5 Å². The number of hydrogen-bond donors (Lipinski definition) is 1. The minimum absolute atomic E-state index is 0.0298. The topological polar surface area (TPSA) is 85.3 Å². The van der Waals surface area contributed by atoms with E-state index in [4.69, 9.17) is 8.94 Å². The Kier molecular flexibility index (Phi) is 3.80. The normalized spacial score (nSPS) is 10.5. The summed E-state index contributed by atoms with van der Waals surface area (Å²) in [5.74, 6) is 0.469. The number of furan rings is 1. The van der Waals surface area contributed by atoms with Crippen molar-refractivity contribution >= 4 is 17.4 Å². The Hall–Kier alpha value is -3.15. The number of amides is 1. The van der Waals surface area contributed by atoms with E-state index in [0.717, 1.165) is 0 Å². The number of nitrogens with zero attached hydrogens (tertiary/aromatic N) is 1. The molecule has 0 saturated carbocycles. The molecule has 6 heteroatoms. The Balaban J connectivity index is 1.87. The van der Waals surface area contributed by atoms with Crippen LogP contribution in [0.5, 0.6) is 0 Å². The van der Waals surface area contributed by atoms with Crippen LogP contribution in [0.15, 0.2) is 51.6 Å². The molecule has 23 heavy (non-hydrogen) atoms. The molecule has 1 amide bonds. The average Bonchev–Trinajstić information content (AvgIpc) is 3.16. The van der Waals surface area contributed by atoms with Crippen molar-refractivity contribution in [3.63, 3.8) is 0 Å². The monoisotopic (exact) mass is 310 g/mol. The number of carbonyl (C=O) groups is 2. The first-order valence-electron chi connectivity index (χ1n) is 6.99. The maximum absolute atomic E-state index is 12.5. The van der Waals surface area contributed by atoms with Crippen molar-refractivity contribution in [2.24, 2.45) is 0 Å². The minimum Gasteiger partial charge on any atom is -0.463 e. The van der Waals surface area contributed by atoms with Crippen molar-refractivity contribution in [3.05, 3.63) is 59.5 Å². The fourth-order valence-corrected chi connectivity index (χ4v) is 2.20. The number of aromatic nitrogens is 1. The molecule has 3 aromatic rings. The second-order valence-electron chi connectivity index (χ2n) is 5.03. The third kappa shape index (κ3) is 2.91. The third-order valence-corrected chi connectivity index (χ3v) is 3.39. The van der Waals surface area contributed by atoms with E-state index in [1.165, 1.54) is 13.2 Å². The van der Waals surface area contributed by atoms with Crippen LogP contribution in [0.3, 0.4) is 0 Å². The first-order valence-corrected chi connectivity index (χ1v) is 6.99. The van der Waals surface area contributed by atoms with E-state index >= 15 is 0 Å². The molecule has 0 aliphatic rings. The predicted octanol–water partition coefficient (Wildman–Crippen LogP) is 3.70. The first-order chi connectivity index (χ1) is 11.1. The summed E-state index contributed by atoms with van der Waals surface area (Å²) in [5.41, 5.74) is 1.83. The molecule has 0 aliphatic heterocycles. The van der Waals surface area contributed by atoms with E-state index in [-0.39, 0.29) is 11.7 Å². The summed E-state index contributed by atoms with van der Waals surface area (Å²) in [6.07, 6.45) is 1.50. The van der Waals surface area contributed by atoms with Crippen molar-refractivity contribution in [1.29, 1.82) is 0 Å². The molecule has 0 saturated heterocycles. The molecule has 0 fully saturated rings. The number of Topliss-reactive ketones (excluding diaryl/α,β-unsaturated/α-hetero) is 1. The van der Waals surface area contributed by atoms with Gasteiger partial charge < -0.3 is 14.3 Å². The van der Waals surface area contributed by atoms with E-state index < -0.39 is 0 Å². The second-order valence-corrected chi connectivity index (χ2v) is 5.03. The molecule has 1 aromatic carbocycles. The highest BCUT2D eigenvalue weighted by Gasteiger charge is 2.23. The Morgan fingerprint density at radius 2 is 1.87 bits per heavy atom. The number of rotatable bonds is 4. The largest absolute Gasteiger partial charge is 0.463 e. The van der Waals surface area contributed by atoms with Crippen LogP contribution < -0.4 is 5.32 Å². The van der Waals surface area contributed by atoms with E-state index in [1.807, 2.05) is 0 Å². The van der Waals surface area contributed by atoms with E-state index in [1.54, 1.807) is 43.3 Å². The highest BCUT2D eigenvalue weighted by Crippen LogP contribution is 2.26. The number of nitrogens with one attached hydrogen (secondary N) is 1. The molecule has 0 spiro atoms. The number of ketones is 1. The number of hydrogen-bond acceptors (Lipinski definition) is 5. The highest BCUT2D eigenvalue weighted by atomic mass is 16.5. The molecule has 0 unspecified atom stereocenters. The Bertz CT molecular complexity index is 845. The average molecular weight is 310 g/mol. The quantitative estimate of drug-likeness (QED) is 0.743. The van der Waals surface area contributed by atoms with Gasteiger partial charge in [0.05, 0.1) is 6.26 Å². The second kappa shape index (κ2) is 5.92. The molecule has 0 bridgehead atoms. The van der Waals surface area contributed by atoms with Crippen molar-refractivity contribution in [1.82, 2.24) is 5.16 Å². The Morgan fingerprint density at radius 3 is 2.48 bits per heavy atom. The van der Waals surface area contributed by atoms with Gasteiger partial charge in [-0.1, -0.05) is 5.16 Å². The lowest BCUT2D eigenvalue weighted by Gasteiger charge is -2.05. The Morgan fingerprint density at radius 1 is 1.13 bits per heavy atom. The maximum Gasteiger partial charge on any atom is 0.261 e. The van der Waals surface area contributed by atoms with Crippen LogP contribution in [-0.2, 0) is 0 Å². The van der Waals surface area contributed by atoms with Crippen LogP contribution in [0.2, 0.25) is 0 Å². The summed E-state index contributed by atoms with van der Waals surface area (Å²) in [7, 11) is 0. The van der Waals surface area contributed by atoms with Gasteiger partial charge in [-0.25, -0.2) is 0 Å². The fourth-order valence-electron chi connectivity index (χ4n) is 2.20. The standard InChI is InChI=1S/C17H14N2O4/c1-10(20)12-5-7-13(8-6-12)18-17(21)15-11(2)23-19-16(15)14-4-3-9-22-14/h3-9H,1-2H3,(H,18,21). The van der Waals surface area contributed by atoms with Crippen molar-refractivity contribution < 1.29 is 18.5 Å². The van der Waals surface area contributed by atoms with Crippen molar-refractivity contribution in [2.75, 3.05) is 5.32 Å². The van der Waals surface area contributed by atoms with Gasteiger partial charge in [0.15, 0.2) is 17.2 Å². The summed E-state index contributed by atoms with van der Waals surface area (Å²) in [4.78, 5) is 23.8. The summed E-state index contributed by atoms with van der Waals surface area (Å²) in [6.45, 7) is 3.15. The molecular formula is C17H14N2O4. The van der Waals surface area contributed by atoms with Crippen LogP contribution >= 0.6 is 0 Å². The number of aryl methyl sites for hydroxylation is 1. The molecular weight excluding hydrogens is 296 g/mol. The maximum atomic E-state index is 12.5. The number of anilines is 1. The molecule has 0 aliphatic carbocycles. The van der Waals surface area contributed by atoms with Crippen molar-refractivity contribution in [2.45, 2.75) is 13.8 Å². The lowest BCUT2D eigenvalue weighted by Crippen LogP contribution is -2.13. The first kappa shape index (κ1) is 14.8. The lowest BCUT2D eigenvalue weighted by atomic mass is 10.1. The molecule has 1 N–H and O–H groups in total. The zero-order chi connectivity index (χ0) is 16.4. The van der Waals surface area contributed by atoms with Gasteiger partial charge in [-0.3, -0.25) is 9.59 Å². The molecule has 6 nitrogen and oxygen atoms in total. The predicted molar refractivity (Wildman–Crippen MR) is 83.3 cm³/mol. The van der Waals surface area contributed by atoms with Crippen LogP contribution in [0, 0.1) is 6.92 Å². The summed E-state index contributed by atoms with van der Waals surface area (Å²) < 4.78 is 10.4. The summed E-state index contributed by atoms with van der Waals surface area (Å²) in [5, 5.41) is 6.65. The van der Waals surface area contributed by atoms with E-state index in [0.29, 0.717) is 34.0 Å². The molecule has 3 rings (SSSR count). The SMILES string of the molecule is CC(=O)c1ccc(NC(=O)c2c(-c3ccco3)noc2C)cc1. The van der Waals surface area contributed by atoms with Gasteiger partial charge in [0.25, 0.3) is 5.91 Å². The smallest absolute Gasteiger partial charge is 0.261 e. The summed E-state index contributed by atoms with van der Waals surface area (Å²) in [6, 6.07) is 10.1. The van der Waals surface area contributed by atoms with Crippen molar-refractivity contribution in [3.8, 4) is 11.5 Å². The molecule has 0 radical (unpaired) electrons. The zero-order valence-corrected chi connectivity index (χ0v) is 12.6. The van der Waals surface area contributed by atoms with Gasteiger partial charge in [0.1, 0.15) is 11.3 Å². The molecule has 2 aromatic heterocycles. The molecule has 0 atom stereocenters. The minimum atomic E-state index is -0.356. The van der Waals surface area contributed by atoms with Crippen LogP contribution in [-0.4, -0.2) is 16.8 Å². The Labute approximate surface area is 132 Å². The van der Waals surface area contributed by atoms with Crippen LogP contribution in [0.1, 0.15) is 33.4 Å². The van der Waals surface area contributed by atoms with E-state index in [9.17, 15) is 9.59 Å². The van der Waals surface area contributed by atoms with Gasteiger partial charge in [-0.05, 0) is 50.2 Å².